The lowest BCUT2D eigenvalue weighted by atomic mass is 9.77. The Bertz CT molecular complexity index is 256. The first-order valence-electron chi connectivity index (χ1n) is 4.37. The highest BCUT2D eigenvalue weighted by atomic mass is 16.4. The molecule has 7 heteroatoms. The number of amides is 1. The van der Waals surface area contributed by atoms with Gasteiger partial charge in [0.05, 0.1) is 18.5 Å². The van der Waals surface area contributed by atoms with Gasteiger partial charge in [-0.25, -0.2) is 0 Å². The number of carbonyl (C=O) groups is 2. The summed E-state index contributed by atoms with van der Waals surface area (Å²) in [4.78, 5) is 23.6. The van der Waals surface area contributed by atoms with Crippen LogP contribution in [0.3, 0.4) is 0 Å². The van der Waals surface area contributed by atoms with E-state index in [4.69, 9.17) is 15.8 Å². The normalized spacial score (nSPS) is 23.9. The molecule has 4 N–H and O–H groups in total. The molecule has 0 aromatic carbocycles. The Morgan fingerprint density at radius 3 is 2.71 bits per heavy atom. The number of nitrogens with zero attached hydrogens (tertiary/aromatic N) is 1. The fourth-order valence-corrected chi connectivity index (χ4v) is 1.48. The molecule has 6 nitrogen and oxygen atoms in total. The second kappa shape index (κ2) is 4.08. The highest BCUT2D eigenvalue weighted by molar-refractivity contribution is 6.44. The maximum absolute atomic E-state index is 11.4. The molecule has 0 bridgehead atoms. The van der Waals surface area contributed by atoms with Crippen molar-refractivity contribution in [3.8, 4) is 0 Å². The van der Waals surface area contributed by atoms with Gasteiger partial charge in [0.2, 0.25) is 5.91 Å². The van der Waals surface area contributed by atoms with E-state index in [9.17, 15) is 9.59 Å². The van der Waals surface area contributed by atoms with Crippen LogP contribution in [0.1, 0.15) is 13.3 Å². The van der Waals surface area contributed by atoms with Crippen LogP contribution >= 0.6 is 0 Å². The van der Waals surface area contributed by atoms with E-state index in [0.717, 1.165) is 4.90 Å². The van der Waals surface area contributed by atoms with Crippen LogP contribution < -0.4 is 5.73 Å². The molecule has 1 amide bonds. The van der Waals surface area contributed by atoms with E-state index >= 15 is 0 Å². The SMILES string of the molecule is CC(N)C(=O)N1CC(=O)CC1B(O)O. The van der Waals surface area contributed by atoms with Gasteiger partial charge in [-0.2, -0.15) is 0 Å². The van der Waals surface area contributed by atoms with Crippen molar-refractivity contribution < 1.29 is 19.6 Å². The van der Waals surface area contributed by atoms with Crippen molar-refractivity contribution in [1.29, 1.82) is 0 Å². The Kier molecular flexibility index (Phi) is 3.25. The summed E-state index contributed by atoms with van der Waals surface area (Å²) >= 11 is 0. The Morgan fingerprint density at radius 2 is 2.29 bits per heavy atom. The third-order valence-electron chi connectivity index (χ3n) is 2.20. The molecule has 0 spiro atoms. The fourth-order valence-electron chi connectivity index (χ4n) is 1.48. The first-order chi connectivity index (χ1) is 6.43. The predicted octanol–water partition coefficient (Wildman–Crippen LogP) is -2.48. The monoisotopic (exact) mass is 200 g/mol. The van der Waals surface area contributed by atoms with Gasteiger partial charge in [0, 0.05) is 6.42 Å². The summed E-state index contributed by atoms with van der Waals surface area (Å²) in [6.45, 7) is 1.41. The smallest absolute Gasteiger partial charge is 0.426 e. The molecule has 1 rings (SSSR count). The quantitative estimate of drug-likeness (QED) is 0.428. The third kappa shape index (κ3) is 2.12. The van der Waals surface area contributed by atoms with E-state index in [0.29, 0.717) is 0 Å². The maximum Gasteiger partial charge on any atom is 0.476 e. The van der Waals surface area contributed by atoms with Crippen molar-refractivity contribution in [1.82, 2.24) is 4.90 Å². The first kappa shape index (κ1) is 11.2. The summed E-state index contributed by atoms with van der Waals surface area (Å²) in [6.07, 6.45) is -0.0177. The van der Waals surface area contributed by atoms with E-state index in [1.54, 1.807) is 0 Å². The number of rotatable bonds is 2. The Balaban J connectivity index is 2.76. The van der Waals surface area contributed by atoms with Crippen molar-refractivity contribution in [2.45, 2.75) is 25.3 Å². The highest BCUT2D eigenvalue weighted by Crippen LogP contribution is 2.16. The number of carbonyl (C=O) groups excluding carboxylic acids is 2. The van der Waals surface area contributed by atoms with Gasteiger partial charge in [-0.05, 0) is 6.92 Å². The summed E-state index contributed by atoms with van der Waals surface area (Å²) in [5, 5.41) is 17.9. The number of hydrogen-bond donors (Lipinski definition) is 3. The summed E-state index contributed by atoms with van der Waals surface area (Å²) in [5.41, 5.74) is 5.36. The van der Waals surface area contributed by atoms with Crippen LogP contribution in [0.15, 0.2) is 0 Å². The number of ketones is 1. The molecule has 14 heavy (non-hydrogen) atoms. The number of Topliss-reactive ketones (excluding diaryl/α,β-unsaturated/α-hetero) is 1. The Morgan fingerprint density at radius 1 is 1.71 bits per heavy atom. The zero-order chi connectivity index (χ0) is 10.9. The van der Waals surface area contributed by atoms with Crippen molar-refractivity contribution >= 4 is 18.8 Å². The third-order valence-corrected chi connectivity index (χ3v) is 2.20. The van der Waals surface area contributed by atoms with Gasteiger partial charge in [-0.1, -0.05) is 0 Å². The molecule has 0 saturated carbocycles. The Labute approximate surface area is 81.8 Å². The van der Waals surface area contributed by atoms with Crippen molar-refractivity contribution in [3.05, 3.63) is 0 Å². The number of hydrogen-bond acceptors (Lipinski definition) is 5. The number of likely N-dealkylation sites (tertiary alicyclic amines) is 1. The van der Waals surface area contributed by atoms with Gasteiger partial charge in [0.15, 0.2) is 5.78 Å². The van der Waals surface area contributed by atoms with Crippen LogP contribution in [0.2, 0.25) is 0 Å². The van der Waals surface area contributed by atoms with Gasteiger partial charge in [-0.15, -0.1) is 0 Å². The largest absolute Gasteiger partial charge is 0.476 e. The van der Waals surface area contributed by atoms with Gasteiger partial charge >= 0.3 is 7.12 Å². The second-order valence-electron chi connectivity index (χ2n) is 3.48. The summed E-state index contributed by atoms with van der Waals surface area (Å²) in [5.74, 6) is -1.47. The minimum Gasteiger partial charge on any atom is -0.426 e. The molecule has 2 atom stereocenters. The van der Waals surface area contributed by atoms with Crippen LogP contribution in [0.5, 0.6) is 0 Å². The van der Waals surface area contributed by atoms with E-state index < -0.39 is 25.0 Å². The minimum absolute atomic E-state index is 0.0177. The molecule has 1 fully saturated rings. The molecule has 1 heterocycles. The fraction of sp³-hybridized carbons (Fsp3) is 0.714. The first-order valence-corrected chi connectivity index (χ1v) is 4.37. The van der Waals surface area contributed by atoms with E-state index in [1.807, 2.05) is 0 Å². The predicted molar refractivity (Wildman–Crippen MR) is 49.0 cm³/mol. The molecule has 1 saturated heterocycles. The molecule has 0 aromatic rings. The van der Waals surface area contributed by atoms with E-state index in [-0.39, 0.29) is 18.7 Å². The molecule has 1 aliphatic rings. The van der Waals surface area contributed by atoms with Crippen LogP contribution in [0.25, 0.3) is 0 Å². The molecule has 0 radical (unpaired) electrons. The van der Waals surface area contributed by atoms with Gasteiger partial charge < -0.3 is 20.7 Å². The van der Waals surface area contributed by atoms with Crippen LogP contribution in [0, 0.1) is 0 Å². The van der Waals surface area contributed by atoms with Crippen molar-refractivity contribution in [2.24, 2.45) is 5.73 Å². The average molecular weight is 200 g/mol. The average Bonchev–Trinajstić information content (AvgIpc) is 2.45. The van der Waals surface area contributed by atoms with Gasteiger partial charge in [0.1, 0.15) is 0 Å². The van der Waals surface area contributed by atoms with Crippen molar-refractivity contribution in [2.75, 3.05) is 6.54 Å². The molecule has 0 aromatic heterocycles. The minimum atomic E-state index is -1.69. The van der Waals surface area contributed by atoms with E-state index in [2.05, 4.69) is 0 Å². The summed E-state index contributed by atoms with van der Waals surface area (Å²) in [6, 6.07) is -0.734. The molecule has 78 valence electrons. The zero-order valence-corrected chi connectivity index (χ0v) is 7.88. The van der Waals surface area contributed by atoms with Crippen LogP contribution in [-0.2, 0) is 9.59 Å². The van der Waals surface area contributed by atoms with Crippen LogP contribution in [-0.4, -0.2) is 52.3 Å². The lowest BCUT2D eigenvalue weighted by Crippen LogP contribution is -2.50. The zero-order valence-electron chi connectivity index (χ0n) is 7.88. The second-order valence-corrected chi connectivity index (χ2v) is 3.48. The van der Waals surface area contributed by atoms with E-state index in [1.165, 1.54) is 6.92 Å². The van der Waals surface area contributed by atoms with Gasteiger partial charge in [-0.3, -0.25) is 9.59 Å². The summed E-state index contributed by atoms with van der Waals surface area (Å²) in [7, 11) is -1.69. The lowest BCUT2D eigenvalue weighted by Gasteiger charge is -2.24. The van der Waals surface area contributed by atoms with Crippen molar-refractivity contribution in [3.63, 3.8) is 0 Å². The van der Waals surface area contributed by atoms with Gasteiger partial charge in [0.25, 0.3) is 0 Å². The molecular weight excluding hydrogens is 187 g/mol. The Hall–Kier alpha value is -0.915. The number of nitrogens with two attached hydrogens (primary N) is 1. The maximum atomic E-state index is 11.4. The van der Waals surface area contributed by atoms with Crippen LogP contribution in [0.4, 0.5) is 0 Å². The lowest BCUT2D eigenvalue weighted by molar-refractivity contribution is -0.133. The molecular formula is C7H13BN2O4. The summed E-state index contributed by atoms with van der Waals surface area (Å²) < 4.78 is 0. The molecule has 1 aliphatic heterocycles. The highest BCUT2D eigenvalue weighted by Gasteiger charge is 2.41. The molecule has 2 unspecified atom stereocenters. The standard InChI is InChI=1S/C7H13BN2O4/c1-4(9)7(12)10-3-5(11)2-6(10)8(13)14/h4,6,13-14H,2-3,9H2,1H3. The topological polar surface area (TPSA) is 104 Å². The molecule has 0 aliphatic carbocycles.